The first-order chi connectivity index (χ1) is 11.0. The SMILES string of the molecule is Cc1ccc(NC(=O)c2ccc(NCCC(C)C)cn2)cc1Br. The third kappa shape index (κ3) is 5.36. The second kappa shape index (κ2) is 8.11. The molecule has 0 bridgehead atoms. The molecule has 1 aromatic carbocycles. The van der Waals surface area contributed by atoms with Crippen molar-refractivity contribution >= 4 is 33.2 Å². The first-order valence-corrected chi connectivity index (χ1v) is 8.52. The zero-order chi connectivity index (χ0) is 16.8. The number of amides is 1. The third-order valence-electron chi connectivity index (χ3n) is 3.48. The molecule has 0 aliphatic carbocycles. The summed E-state index contributed by atoms with van der Waals surface area (Å²) in [6, 6.07) is 9.33. The van der Waals surface area contributed by atoms with Gasteiger partial charge in [-0.05, 0) is 49.1 Å². The second-order valence-electron chi connectivity index (χ2n) is 5.96. The van der Waals surface area contributed by atoms with Crippen molar-refractivity contribution < 1.29 is 4.79 Å². The van der Waals surface area contributed by atoms with Crippen LogP contribution in [-0.2, 0) is 0 Å². The van der Waals surface area contributed by atoms with Crippen molar-refractivity contribution in [1.29, 1.82) is 0 Å². The van der Waals surface area contributed by atoms with Crippen LogP contribution in [0.15, 0.2) is 41.0 Å². The van der Waals surface area contributed by atoms with E-state index in [0.29, 0.717) is 11.6 Å². The molecule has 0 saturated carbocycles. The molecule has 5 heteroatoms. The average Bonchev–Trinajstić information content (AvgIpc) is 2.51. The van der Waals surface area contributed by atoms with Gasteiger partial charge >= 0.3 is 0 Å². The van der Waals surface area contributed by atoms with Gasteiger partial charge in [0.15, 0.2) is 0 Å². The Labute approximate surface area is 145 Å². The fraction of sp³-hybridized carbons (Fsp3) is 0.333. The van der Waals surface area contributed by atoms with E-state index in [1.807, 2.05) is 31.2 Å². The van der Waals surface area contributed by atoms with Gasteiger partial charge in [-0.15, -0.1) is 0 Å². The Balaban J connectivity index is 1.95. The molecule has 1 amide bonds. The fourth-order valence-corrected chi connectivity index (χ4v) is 2.38. The molecule has 2 N–H and O–H groups in total. The smallest absolute Gasteiger partial charge is 0.274 e. The molecule has 0 atom stereocenters. The van der Waals surface area contributed by atoms with E-state index in [1.165, 1.54) is 0 Å². The molecule has 2 aromatic rings. The van der Waals surface area contributed by atoms with Crippen LogP contribution in [0, 0.1) is 12.8 Å². The lowest BCUT2D eigenvalue weighted by molar-refractivity contribution is 0.102. The fourth-order valence-electron chi connectivity index (χ4n) is 2.00. The van der Waals surface area contributed by atoms with Gasteiger partial charge < -0.3 is 10.6 Å². The summed E-state index contributed by atoms with van der Waals surface area (Å²) < 4.78 is 0.966. The normalized spacial score (nSPS) is 10.7. The van der Waals surface area contributed by atoms with Gasteiger partial charge in [-0.1, -0.05) is 35.8 Å². The summed E-state index contributed by atoms with van der Waals surface area (Å²) in [6.07, 6.45) is 2.80. The van der Waals surface area contributed by atoms with Crippen molar-refractivity contribution in [3.63, 3.8) is 0 Å². The van der Waals surface area contributed by atoms with E-state index in [0.717, 1.165) is 34.4 Å². The van der Waals surface area contributed by atoms with Gasteiger partial charge in [-0.2, -0.15) is 0 Å². The molecule has 0 radical (unpaired) electrons. The Morgan fingerprint density at radius 3 is 2.57 bits per heavy atom. The van der Waals surface area contributed by atoms with Crippen LogP contribution in [0.1, 0.15) is 36.3 Å². The van der Waals surface area contributed by atoms with Crippen LogP contribution in [0.5, 0.6) is 0 Å². The minimum absolute atomic E-state index is 0.213. The van der Waals surface area contributed by atoms with Crippen molar-refractivity contribution in [2.24, 2.45) is 5.92 Å². The Morgan fingerprint density at radius 1 is 1.22 bits per heavy atom. The standard InChI is InChI=1S/C18H22BrN3O/c1-12(2)8-9-20-15-6-7-17(21-11-15)18(23)22-14-5-4-13(3)16(19)10-14/h4-7,10-12,20H,8-9H2,1-3H3,(H,22,23). The number of nitrogens with one attached hydrogen (secondary N) is 2. The van der Waals surface area contributed by atoms with Gasteiger partial charge in [0, 0.05) is 16.7 Å². The topological polar surface area (TPSA) is 54.0 Å². The van der Waals surface area contributed by atoms with E-state index >= 15 is 0 Å². The summed E-state index contributed by atoms with van der Waals surface area (Å²) in [5.74, 6) is 0.448. The predicted octanol–water partition coefficient (Wildman–Crippen LogP) is 4.86. The van der Waals surface area contributed by atoms with Crippen LogP contribution in [-0.4, -0.2) is 17.4 Å². The van der Waals surface area contributed by atoms with Crippen LogP contribution in [0.25, 0.3) is 0 Å². The predicted molar refractivity (Wildman–Crippen MR) is 99.0 cm³/mol. The molecule has 1 aromatic heterocycles. The molecule has 4 nitrogen and oxygen atoms in total. The zero-order valence-corrected chi connectivity index (χ0v) is 15.3. The third-order valence-corrected chi connectivity index (χ3v) is 4.33. The van der Waals surface area contributed by atoms with Gasteiger partial charge in [0.2, 0.25) is 0 Å². The van der Waals surface area contributed by atoms with Crippen LogP contribution < -0.4 is 10.6 Å². The number of hydrogen-bond donors (Lipinski definition) is 2. The molecule has 23 heavy (non-hydrogen) atoms. The van der Waals surface area contributed by atoms with Crippen molar-refractivity contribution in [2.45, 2.75) is 27.2 Å². The molecule has 122 valence electrons. The highest BCUT2D eigenvalue weighted by molar-refractivity contribution is 9.10. The Bertz CT molecular complexity index is 668. The average molecular weight is 376 g/mol. The van der Waals surface area contributed by atoms with Gasteiger partial charge in [0.25, 0.3) is 5.91 Å². The van der Waals surface area contributed by atoms with Gasteiger partial charge in [-0.3, -0.25) is 4.79 Å². The molecular weight excluding hydrogens is 354 g/mol. The van der Waals surface area contributed by atoms with E-state index in [2.05, 4.69) is 45.4 Å². The minimum atomic E-state index is -0.213. The number of anilines is 2. The number of pyridine rings is 1. The first kappa shape index (κ1) is 17.5. The molecule has 0 unspecified atom stereocenters. The van der Waals surface area contributed by atoms with E-state index in [9.17, 15) is 4.79 Å². The quantitative estimate of drug-likeness (QED) is 0.757. The van der Waals surface area contributed by atoms with E-state index < -0.39 is 0 Å². The second-order valence-corrected chi connectivity index (χ2v) is 6.81. The number of nitrogens with zero attached hydrogens (tertiary/aromatic N) is 1. The zero-order valence-electron chi connectivity index (χ0n) is 13.7. The van der Waals surface area contributed by atoms with Gasteiger partial charge in [-0.25, -0.2) is 4.98 Å². The maximum atomic E-state index is 12.2. The van der Waals surface area contributed by atoms with Gasteiger partial charge in [0.05, 0.1) is 11.9 Å². The maximum Gasteiger partial charge on any atom is 0.274 e. The minimum Gasteiger partial charge on any atom is -0.384 e. The number of aryl methyl sites for hydroxylation is 1. The molecule has 0 spiro atoms. The molecule has 0 saturated heterocycles. The number of carbonyl (C=O) groups excluding carboxylic acids is 1. The number of carbonyl (C=O) groups is 1. The summed E-state index contributed by atoms with van der Waals surface area (Å²) in [4.78, 5) is 16.4. The molecular formula is C18H22BrN3O. The van der Waals surface area contributed by atoms with Gasteiger partial charge in [0.1, 0.15) is 5.69 Å². The van der Waals surface area contributed by atoms with Crippen molar-refractivity contribution in [3.8, 4) is 0 Å². The largest absolute Gasteiger partial charge is 0.384 e. The lowest BCUT2D eigenvalue weighted by Crippen LogP contribution is -2.14. The van der Waals surface area contributed by atoms with Crippen LogP contribution >= 0.6 is 15.9 Å². The molecule has 1 heterocycles. The van der Waals surface area contributed by atoms with E-state index in [4.69, 9.17) is 0 Å². The summed E-state index contributed by atoms with van der Waals surface area (Å²) in [5, 5.41) is 6.16. The molecule has 0 aliphatic heterocycles. The number of benzene rings is 1. The lowest BCUT2D eigenvalue weighted by atomic mass is 10.1. The maximum absolute atomic E-state index is 12.2. The Morgan fingerprint density at radius 2 is 1.96 bits per heavy atom. The summed E-state index contributed by atoms with van der Waals surface area (Å²) >= 11 is 3.46. The van der Waals surface area contributed by atoms with Crippen LogP contribution in [0.2, 0.25) is 0 Å². The highest BCUT2D eigenvalue weighted by Gasteiger charge is 2.08. The van der Waals surface area contributed by atoms with Crippen molar-refractivity contribution in [3.05, 3.63) is 52.3 Å². The first-order valence-electron chi connectivity index (χ1n) is 7.73. The molecule has 0 aliphatic rings. The number of hydrogen-bond acceptors (Lipinski definition) is 3. The highest BCUT2D eigenvalue weighted by atomic mass is 79.9. The number of rotatable bonds is 6. The monoisotopic (exact) mass is 375 g/mol. The molecule has 0 fully saturated rings. The number of aromatic nitrogens is 1. The van der Waals surface area contributed by atoms with E-state index in [-0.39, 0.29) is 5.91 Å². The van der Waals surface area contributed by atoms with Crippen molar-refractivity contribution in [2.75, 3.05) is 17.2 Å². The van der Waals surface area contributed by atoms with Crippen molar-refractivity contribution in [1.82, 2.24) is 4.98 Å². The van der Waals surface area contributed by atoms with Crippen LogP contribution in [0.4, 0.5) is 11.4 Å². The Kier molecular flexibility index (Phi) is 6.16. The summed E-state index contributed by atoms with van der Waals surface area (Å²) in [7, 11) is 0. The lowest BCUT2D eigenvalue weighted by Gasteiger charge is -2.09. The highest BCUT2D eigenvalue weighted by Crippen LogP contribution is 2.21. The molecule has 2 rings (SSSR count). The summed E-state index contributed by atoms with van der Waals surface area (Å²) in [6.45, 7) is 7.29. The number of halogens is 1. The Hall–Kier alpha value is -1.88. The summed E-state index contributed by atoms with van der Waals surface area (Å²) in [5.41, 5.74) is 3.20. The van der Waals surface area contributed by atoms with E-state index in [1.54, 1.807) is 12.3 Å². The van der Waals surface area contributed by atoms with Crippen LogP contribution in [0.3, 0.4) is 0 Å².